The molecule has 1 aliphatic carbocycles. The molecule has 0 nitrogen and oxygen atoms in total. The van der Waals surface area contributed by atoms with E-state index < -0.39 is 0 Å². The van der Waals surface area contributed by atoms with Crippen molar-refractivity contribution in [3.63, 3.8) is 0 Å². The molecule has 0 atom stereocenters. The van der Waals surface area contributed by atoms with E-state index >= 15 is 0 Å². The zero-order valence-electron chi connectivity index (χ0n) is 19.4. The van der Waals surface area contributed by atoms with E-state index in [2.05, 4.69) is 54.6 Å². The number of hydrogen-bond acceptors (Lipinski definition) is 0. The smallest absolute Gasteiger partial charge is 0 e. The van der Waals surface area contributed by atoms with E-state index in [0.717, 1.165) is 6.42 Å². The Labute approximate surface area is 205 Å². The van der Waals surface area contributed by atoms with Gasteiger partial charge in [0, 0.05) is 25.8 Å². The fraction of sp³-hybridized carbons (Fsp3) is 0.138. The van der Waals surface area contributed by atoms with Crippen LogP contribution in [0, 0.1) is 37.1 Å². The van der Waals surface area contributed by atoms with Crippen LogP contribution in [0.3, 0.4) is 0 Å². The Morgan fingerprint density at radius 3 is 1.90 bits per heavy atom. The average Bonchev–Trinajstić information content (AvgIpc) is 3.37. The number of fused-ring (bicyclic) bond motifs is 2. The maximum Gasteiger partial charge on any atom is 0 e. The molecule has 4 aromatic rings. The summed E-state index contributed by atoms with van der Waals surface area (Å²) in [6.45, 7) is 0. The summed E-state index contributed by atoms with van der Waals surface area (Å²) >= 11 is 0. The van der Waals surface area contributed by atoms with Crippen molar-refractivity contribution < 1.29 is 25.8 Å². The van der Waals surface area contributed by atoms with Gasteiger partial charge in [-0.15, -0.1) is 34.5 Å². The van der Waals surface area contributed by atoms with Crippen LogP contribution in [0.15, 0.2) is 84.9 Å². The molecular formula is C29H37Hf-7. The second-order valence-corrected chi connectivity index (χ2v) is 6.54. The molecule has 0 amide bonds. The monoisotopic (exact) mass is 565 g/mol. The number of benzene rings is 2. The predicted molar refractivity (Wildman–Crippen MR) is 135 cm³/mol. The molecule has 0 spiro atoms. The summed E-state index contributed by atoms with van der Waals surface area (Å²) in [7, 11) is 0. The molecule has 0 bridgehead atoms. The van der Waals surface area contributed by atoms with E-state index in [1.54, 1.807) is 11.1 Å². The largest absolute Gasteiger partial charge is 0.358 e. The van der Waals surface area contributed by atoms with Gasteiger partial charge in [-0.05, 0) is 25.7 Å². The van der Waals surface area contributed by atoms with Crippen LogP contribution < -0.4 is 0 Å². The van der Waals surface area contributed by atoms with E-state index in [1.165, 1.54) is 41.2 Å². The van der Waals surface area contributed by atoms with Gasteiger partial charge in [0.05, 0.1) is 0 Å². The summed E-state index contributed by atoms with van der Waals surface area (Å²) in [6.07, 6.45) is 4.91. The van der Waals surface area contributed by atoms with Gasteiger partial charge in [0.1, 0.15) is 0 Å². The van der Waals surface area contributed by atoms with Crippen LogP contribution in [0.4, 0.5) is 0 Å². The average molecular weight is 564 g/mol. The van der Waals surface area contributed by atoms with E-state index in [9.17, 15) is 0 Å². The van der Waals surface area contributed by atoms with Crippen LogP contribution >= 0.6 is 0 Å². The summed E-state index contributed by atoms with van der Waals surface area (Å²) < 4.78 is 0. The maximum atomic E-state index is 2.44. The maximum absolute atomic E-state index is 2.44. The van der Waals surface area contributed by atoms with Gasteiger partial charge >= 0.3 is 0 Å². The Balaban J connectivity index is -0.000000594. The van der Waals surface area contributed by atoms with Crippen molar-refractivity contribution in [3.8, 4) is 0 Å². The van der Waals surface area contributed by atoms with Crippen molar-refractivity contribution in [3.05, 3.63) is 144 Å². The molecule has 30 heavy (non-hydrogen) atoms. The molecule has 1 heteroatoms. The van der Waals surface area contributed by atoms with Crippen molar-refractivity contribution >= 4 is 10.8 Å². The number of hydrogen-bond donors (Lipinski definition) is 0. The third kappa shape index (κ3) is 7.84. The van der Waals surface area contributed by atoms with E-state index in [1.807, 2.05) is 30.3 Å². The molecular weight excluding hydrogens is 527 g/mol. The Kier molecular flexibility index (Phi) is 17.6. The van der Waals surface area contributed by atoms with E-state index in [-0.39, 0.29) is 63.0 Å². The Morgan fingerprint density at radius 1 is 0.733 bits per heavy atom. The molecule has 0 saturated carbocycles. The van der Waals surface area contributed by atoms with Gasteiger partial charge in [0.25, 0.3) is 0 Å². The first-order valence-corrected chi connectivity index (χ1v) is 8.81. The van der Waals surface area contributed by atoms with Crippen molar-refractivity contribution in [1.29, 1.82) is 0 Å². The molecule has 0 radical (unpaired) electrons. The van der Waals surface area contributed by atoms with Crippen molar-refractivity contribution in [2.24, 2.45) is 0 Å². The van der Waals surface area contributed by atoms with Crippen LogP contribution in [0.1, 0.15) is 28.7 Å². The predicted octanol–water partition coefficient (Wildman–Crippen LogP) is 8.29. The molecule has 164 valence electrons. The molecule has 0 aliphatic heterocycles. The summed E-state index contributed by atoms with van der Waals surface area (Å²) in [5.74, 6) is 0. The zero-order valence-corrected chi connectivity index (χ0v) is 23.0. The summed E-state index contributed by atoms with van der Waals surface area (Å²) in [5.41, 5.74) is 6.02. The number of aryl methyl sites for hydroxylation is 2. The SMILES string of the molecule is [CH3-].[CH3-].[CH3-].[CH3-].[CH3-].[Hf].c1cc[cH-]c1.c1ccc(C[c-]2ccc3cc4c(cc32)CCC4)cc1. The van der Waals surface area contributed by atoms with Crippen LogP contribution in [0.5, 0.6) is 0 Å². The Morgan fingerprint density at radius 2 is 1.33 bits per heavy atom. The fourth-order valence-corrected chi connectivity index (χ4v) is 3.63. The molecule has 4 aromatic carbocycles. The molecule has 0 heterocycles. The first-order chi connectivity index (χ1) is 11.9. The zero-order chi connectivity index (χ0) is 16.2. The summed E-state index contributed by atoms with van der Waals surface area (Å²) in [4.78, 5) is 0. The van der Waals surface area contributed by atoms with E-state index in [0.29, 0.717) is 0 Å². The van der Waals surface area contributed by atoms with Crippen molar-refractivity contribution in [2.75, 3.05) is 0 Å². The third-order valence-electron chi connectivity index (χ3n) is 4.87. The topological polar surface area (TPSA) is 0 Å². The van der Waals surface area contributed by atoms with Crippen molar-refractivity contribution in [1.82, 2.24) is 0 Å². The van der Waals surface area contributed by atoms with Gasteiger partial charge in [-0.2, -0.15) is 24.3 Å². The van der Waals surface area contributed by atoms with Gasteiger partial charge < -0.3 is 37.1 Å². The first-order valence-electron chi connectivity index (χ1n) is 8.81. The van der Waals surface area contributed by atoms with Gasteiger partial charge in [-0.25, -0.2) is 12.1 Å². The molecule has 5 rings (SSSR count). The first kappa shape index (κ1) is 32.9. The summed E-state index contributed by atoms with van der Waals surface area (Å²) in [5, 5.41) is 2.89. The normalized spacial score (nSPS) is 10.1. The van der Waals surface area contributed by atoms with Gasteiger partial charge in [0.15, 0.2) is 0 Å². The van der Waals surface area contributed by atoms with Crippen molar-refractivity contribution in [2.45, 2.75) is 25.7 Å². The fourth-order valence-electron chi connectivity index (χ4n) is 3.63. The quantitative estimate of drug-likeness (QED) is 0.170. The molecule has 0 saturated heterocycles. The second-order valence-electron chi connectivity index (χ2n) is 6.54. The molecule has 0 N–H and O–H groups in total. The summed E-state index contributed by atoms with van der Waals surface area (Å²) in [6, 6.07) is 30.2. The molecule has 0 fully saturated rings. The van der Waals surface area contributed by atoms with Crippen LogP contribution in [-0.4, -0.2) is 0 Å². The minimum absolute atomic E-state index is 0. The third-order valence-corrected chi connectivity index (χ3v) is 4.87. The Hall–Kier alpha value is -1.73. The number of rotatable bonds is 2. The second kappa shape index (κ2) is 16.0. The van der Waals surface area contributed by atoms with Gasteiger partial charge in [0.2, 0.25) is 0 Å². The van der Waals surface area contributed by atoms with Crippen LogP contribution in [0.25, 0.3) is 10.8 Å². The van der Waals surface area contributed by atoms with Crippen LogP contribution in [0.2, 0.25) is 0 Å². The molecule has 0 aromatic heterocycles. The van der Waals surface area contributed by atoms with E-state index in [4.69, 9.17) is 0 Å². The molecule has 1 aliphatic rings. The molecule has 0 unspecified atom stereocenters. The minimum Gasteiger partial charge on any atom is -0.358 e. The standard InChI is InChI=1S/C19H17.C5H5.5CH3.Hf/c1-2-5-14(6-3-1)11-17-9-10-18-12-15-7-4-8-16(15)13-19(17)18;1-2-4-5-3-1;;;;;;/h1-3,5-6,9-10,12-13H,4,7-8,11H2;1-5H;5*1H3;/q7*-1;. The Bertz CT molecular complexity index is 881. The van der Waals surface area contributed by atoms with Crippen LogP contribution in [-0.2, 0) is 45.1 Å². The van der Waals surface area contributed by atoms with Gasteiger partial charge in [-0.3, -0.25) is 0 Å². The van der Waals surface area contributed by atoms with Gasteiger partial charge in [-0.1, -0.05) is 47.0 Å². The minimum atomic E-state index is 0.